The predicted molar refractivity (Wildman–Crippen MR) is 87.7 cm³/mol. The maximum absolute atomic E-state index is 10.2. The van der Waals surface area contributed by atoms with E-state index in [-0.39, 0.29) is 6.10 Å². The second-order valence-corrected chi connectivity index (χ2v) is 5.79. The van der Waals surface area contributed by atoms with Gasteiger partial charge in [0.05, 0.1) is 25.4 Å². The summed E-state index contributed by atoms with van der Waals surface area (Å²) < 4.78 is 11.1. The Morgan fingerprint density at radius 2 is 2.23 bits per heavy atom. The van der Waals surface area contributed by atoms with E-state index in [2.05, 4.69) is 23.6 Å². The molecule has 22 heavy (non-hydrogen) atoms. The summed E-state index contributed by atoms with van der Waals surface area (Å²) in [6, 6.07) is 10.3. The molecule has 0 spiro atoms. The van der Waals surface area contributed by atoms with Crippen molar-refractivity contribution >= 4 is 0 Å². The molecule has 1 aliphatic rings. The second-order valence-electron chi connectivity index (χ2n) is 5.79. The van der Waals surface area contributed by atoms with Crippen molar-refractivity contribution in [3.8, 4) is 0 Å². The molecule has 1 aromatic carbocycles. The molecule has 0 aliphatic carbocycles. The lowest BCUT2D eigenvalue weighted by Gasteiger charge is -2.27. The summed E-state index contributed by atoms with van der Waals surface area (Å²) in [5.74, 6) is 0. The van der Waals surface area contributed by atoms with E-state index in [1.54, 1.807) is 6.08 Å². The zero-order valence-corrected chi connectivity index (χ0v) is 13.2. The molecular weight excluding hydrogens is 278 g/mol. The molecule has 122 valence electrons. The first-order chi connectivity index (χ1) is 10.8. The third-order valence-corrected chi connectivity index (χ3v) is 3.75. The fourth-order valence-corrected chi connectivity index (χ4v) is 2.76. The van der Waals surface area contributed by atoms with Crippen molar-refractivity contribution in [3.05, 3.63) is 48.6 Å². The van der Waals surface area contributed by atoms with E-state index >= 15 is 0 Å². The van der Waals surface area contributed by atoms with Gasteiger partial charge < -0.3 is 14.6 Å². The molecular formula is C18H27NO3. The molecule has 2 rings (SSSR count). The quantitative estimate of drug-likeness (QED) is 0.532. The van der Waals surface area contributed by atoms with Crippen molar-refractivity contribution in [2.24, 2.45) is 0 Å². The molecule has 0 saturated carbocycles. The van der Waals surface area contributed by atoms with Crippen molar-refractivity contribution < 1.29 is 14.6 Å². The topological polar surface area (TPSA) is 41.9 Å². The summed E-state index contributed by atoms with van der Waals surface area (Å²) in [5.41, 5.74) is 1.25. The Morgan fingerprint density at radius 3 is 2.91 bits per heavy atom. The summed E-state index contributed by atoms with van der Waals surface area (Å²) in [7, 11) is 0. The van der Waals surface area contributed by atoms with Crippen LogP contribution in [0.15, 0.2) is 43.0 Å². The SMILES string of the molecule is C=CCOC[C@@H](O)CN(Cc1ccccc1)C[C@@H]1CCCO1. The monoisotopic (exact) mass is 305 g/mol. The minimum Gasteiger partial charge on any atom is -0.389 e. The number of hydrogen-bond acceptors (Lipinski definition) is 4. The van der Waals surface area contributed by atoms with Gasteiger partial charge in [0, 0.05) is 26.2 Å². The minimum atomic E-state index is -0.495. The first-order valence-electron chi connectivity index (χ1n) is 8.02. The zero-order valence-electron chi connectivity index (χ0n) is 13.2. The molecule has 1 heterocycles. The van der Waals surface area contributed by atoms with Gasteiger partial charge in [0.2, 0.25) is 0 Å². The van der Waals surface area contributed by atoms with Crippen LogP contribution in [0.4, 0.5) is 0 Å². The molecule has 1 aliphatic heterocycles. The third kappa shape index (κ3) is 6.28. The standard InChI is InChI=1S/C18H27NO3/c1-2-10-21-15-17(20)13-19(14-18-9-6-11-22-18)12-16-7-4-3-5-8-16/h2-5,7-8,17-18,20H,1,6,9-15H2/t17-,18-/m0/s1. The second kappa shape index (κ2) is 9.74. The summed E-state index contributed by atoms with van der Waals surface area (Å²) in [4.78, 5) is 2.26. The molecule has 1 N–H and O–H groups in total. The van der Waals surface area contributed by atoms with Gasteiger partial charge in [0.1, 0.15) is 0 Å². The fourth-order valence-electron chi connectivity index (χ4n) is 2.76. The number of aliphatic hydroxyl groups is 1. The molecule has 0 unspecified atom stereocenters. The lowest BCUT2D eigenvalue weighted by atomic mass is 10.1. The molecule has 1 fully saturated rings. The maximum Gasteiger partial charge on any atom is 0.0900 e. The van der Waals surface area contributed by atoms with E-state index in [4.69, 9.17) is 9.47 Å². The summed E-state index contributed by atoms with van der Waals surface area (Å²) in [6.45, 7) is 7.54. The Labute approximate surface area is 133 Å². The summed E-state index contributed by atoms with van der Waals surface area (Å²) in [6.07, 6.45) is 3.72. The predicted octanol–water partition coefficient (Wildman–Crippen LogP) is 2.23. The van der Waals surface area contributed by atoms with E-state index in [9.17, 15) is 5.11 Å². The van der Waals surface area contributed by atoms with Crippen LogP contribution in [-0.2, 0) is 16.0 Å². The van der Waals surface area contributed by atoms with E-state index in [1.165, 1.54) is 5.56 Å². The van der Waals surface area contributed by atoms with Gasteiger partial charge in [0.25, 0.3) is 0 Å². The minimum absolute atomic E-state index is 0.282. The van der Waals surface area contributed by atoms with Gasteiger partial charge in [-0.2, -0.15) is 0 Å². The van der Waals surface area contributed by atoms with Crippen molar-refractivity contribution in [2.45, 2.75) is 31.6 Å². The highest BCUT2D eigenvalue weighted by molar-refractivity contribution is 5.14. The van der Waals surface area contributed by atoms with Gasteiger partial charge in [-0.1, -0.05) is 36.4 Å². The lowest BCUT2D eigenvalue weighted by molar-refractivity contribution is 0.00856. The smallest absolute Gasteiger partial charge is 0.0900 e. The van der Waals surface area contributed by atoms with E-state index in [1.807, 2.05) is 18.2 Å². The number of ether oxygens (including phenoxy) is 2. The summed E-state index contributed by atoms with van der Waals surface area (Å²) >= 11 is 0. The number of aliphatic hydroxyl groups excluding tert-OH is 1. The Morgan fingerprint density at radius 1 is 1.41 bits per heavy atom. The van der Waals surface area contributed by atoms with Crippen LogP contribution in [0.25, 0.3) is 0 Å². The van der Waals surface area contributed by atoms with Crippen LogP contribution in [0.5, 0.6) is 0 Å². The van der Waals surface area contributed by atoms with Gasteiger partial charge in [-0.05, 0) is 18.4 Å². The molecule has 0 radical (unpaired) electrons. The van der Waals surface area contributed by atoms with Crippen LogP contribution >= 0.6 is 0 Å². The van der Waals surface area contributed by atoms with E-state index < -0.39 is 6.10 Å². The van der Waals surface area contributed by atoms with Gasteiger partial charge in [0.15, 0.2) is 0 Å². The van der Waals surface area contributed by atoms with E-state index in [0.717, 1.165) is 32.5 Å². The highest BCUT2D eigenvalue weighted by atomic mass is 16.5. The molecule has 1 saturated heterocycles. The molecule has 0 bridgehead atoms. The number of nitrogens with zero attached hydrogens (tertiary/aromatic N) is 1. The zero-order chi connectivity index (χ0) is 15.6. The van der Waals surface area contributed by atoms with Crippen LogP contribution in [-0.4, -0.2) is 55.1 Å². The van der Waals surface area contributed by atoms with Gasteiger partial charge in [-0.15, -0.1) is 6.58 Å². The molecule has 0 amide bonds. The fraction of sp³-hybridized carbons (Fsp3) is 0.556. The van der Waals surface area contributed by atoms with Crippen molar-refractivity contribution in [3.63, 3.8) is 0 Å². The molecule has 0 aromatic heterocycles. The highest BCUT2D eigenvalue weighted by Crippen LogP contribution is 2.15. The lowest BCUT2D eigenvalue weighted by Crippen LogP contribution is -2.39. The maximum atomic E-state index is 10.2. The Bertz CT molecular complexity index is 418. The Kier molecular flexibility index (Phi) is 7.60. The van der Waals surface area contributed by atoms with Crippen LogP contribution in [0, 0.1) is 0 Å². The number of hydrogen-bond donors (Lipinski definition) is 1. The largest absolute Gasteiger partial charge is 0.389 e. The van der Waals surface area contributed by atoms with Gasteiger partial charge >= 0.3 is 0 Å². The average Bonchev–Trinajstić information content (AvgIpc) is 3.01. The summed E-state index contributed by atoms with van der Waals surface area (Å²) in [5, 5.41) is 10.2. The third-order valence-electron chi connectivity index (χ3n) is 3.75. The molecule has 4 nitrogen and oxygen atoms in total. The molecule has 1 aromatic rings. The van der Waals surface area contributed by atoms with E-state index in [0.29, 0.717) is 19.8 Å². The van der Waals surface area contributed by atoms with Gasteiger partial charge in [-0.3, -0.25) is 4.90 Å². The molecule has 4 heteroatoms. The number of rotatable bonds is 10. The normalized spacial score (nSPS) is 19.5. The Balaban J connectivity index is 1.86. The van der Waals surface area contributed by atoms with Crippen molar-refractivity contribution in [1.29, 1.82) is 0 Å². The van der Waals surface area contributed by atoms with Crippen LogP contribution in [0.1, 0.15) is 18.4 Å². The average molecular weight is 305 g/mol. The van der Waals surface area contributed by atoms with Crippen LogP contribution < -0.4 is 0 Å². The highest BCUT2D eigenvalue weighted by Gasteiger charge is 2.21. The molecule has 2 atom stereocenters. The number of benzene rings is 1. The van der Waals surface area contributed by atoms with Crippen LogP contribution in [0.2, 0.25) is 0 Å². The van der Waals surface area contributed by atoms with Crippen molar-refractivity contribution in [1.82, 2.24) is 4.90 Å². The van der Waals surface area contributed by atoms with Gasteiger partial charge in [-0.25, -0.2) is 0 Å². The van der Waals surface area contributed by atoms with Crippen LogP contribution in [0.3, 0.4) is 0 Å². The Hall–Kier alpha value is -1.20. The first kappa shape index (κ1) is 17.2. The van der Waals surface area contributed by atoms with Crippen molar-refractivity contribution in [2.75, 3.05) is 32.9 Å². The first-order valence-corrected chi connectivity index (χ1v) is 8.02.